The van der Waals surface area contributed by atoms with Crippen molar-refractivity contribution in [3.05, 3.63) is 47.5 Å². The SMILES string of the molecule is CC(CN)N1C(=O)c2cccc3cccc(c23)C1=O. The third kappa shape index (κ3) is 1.57. The van der Waals surface area contributed by atoms with Gasteiger partial charge < -0.3 is 5.73 Å². The van der Waals surface area contributed by atoms with Crippen molar-refractivity contribution in [2.24, 2.45) is 5.73 Å². The number of benzene rings is 2. The van der Waals surface area contributed by atoms with Crippen LogP contribution in [-0.2, 0) is 0 Å². The Morgan fingerprint density at radius 2 is 1.58 bits per heavy atom. The summed E-state index contributed by atoms with van der Waals surface area (Å²) in [6.07, 6.45) is 0. The van der Waals surface area contributed by atoms with E-state index >= 15 is 0 Å². The van der Waals surface area contributed by atoms with Gasteiger partial charge in [-0.3, -0.25) is 14.5 Å². The van der Waals surface area contributed by atoms with E-state index in [9.17, 15) is 9.59 Å². The number of amides is 2. The lowest BCUT2D eigenvalue weighted by atomic mass is 9.93. The largest absolute Gasteiger partial charge is 0.328 e. The van der Waals surface area contributed by atoms with Crippen LogP contribution >= 0.6 is 0 Å². The Balaban J connectivity index is 2.31. The summed E-state index contributed by atoms with van der Waals surface area (Å²) in [5.74, 6) is -0.514. The van der Waals surface area contributed by atoms with Crippen molar-refractivity contribution in [1.82, 2.24) is 4.90 Å². The highest BCUT2D eigenvalue weighted by Crippen LogP contribution is 2.30. The van der Waals surface area contributed by atoms with E-state index in [4.69, 9.17) is 5.73 Å². The van der Waals surface area contributed by atoms with Gasteiger partial charge in [0.25, 0.3) is 11.8 Å². The summed E-state index contributed by atoms with van der Waals surface area (Å²) < 4.78 is 0. The number of hydrogen-bond donors (Lipinski definition) is 1. The molecule has 1 atom stereocenters. The molecule has 2 N–H and O–H groups in total. The van der Waals surface area contributed by atoms with Crippen LogP contribution in [0, 0.1) is 0 Å². The van der Waals surface area contributed by atoms with E-state index in [1.165, 1.54) is 4.90 Å². The molecule has 0 fully saturated rings. The summed E-state index contributed by atoms with van der Waals surface area (Å²) in [5, 5.41) is 1.66. The third-order valence-corrected chi connectivity index (χ3v) is 3.59. The lowest BCUT2D eigenvalue weighted by Crippen LogP contribution is -2.48. The fourth-order valence-corrected chi connectivity index (χ4v) is 2.55. The Hall–Kier alpha value is -2.20. The highest BCUT2D eigenvalue weighted by atomic mass is 16.2. The van der Waals surface area contributed by atoms with Crippen LogP contribution in [-0.4, -0.2) is 29.3 Å². The number of nitrogens with two attached hydrogens (primary N) is 1. The molecule has 4 heteroatoms. The zero-order valence-corrected chi connectivity index (χ0v) is 10.6. The molecule has 3 rings (SSSR count). The topological polar surface area (TPSA) is 63.4 Å². The highest BCUT2D eigenvalue weighted by molar-refractivity contribution is 6.25. The predicted octanol–water partition coefficient (Wildman–Crippen LogP) is 1.78. The summed E-state index contributed by atoms with van der Waals surface area (Å²) in [6, 6.07) is 10.7. The van der Waals surface area contributed by atoms with Crippen LogP contribution in [0.2, 0.25) is 0 Å². The third-order valence-electron chi connectivity index (χ3n) is 3.59. The molecule has 19 heavy (non-hydrogen) atoms. The van der Waals surface area contributed by atoms with Crippen molar-refractivity contribution in [2.45, 2.75) is 13.0 Å². The lowest BCUT2D eigenvalue weighted by molar-refractivity contribution is 0.0557. The Kier molecular flexibility index (Phi) is 2.61. The minimum absolute atomic E-state index is 0.257. The smallest absolute Gasteiger partial charge is 0.261 e. The normalized spacial score (nSPS) is 16.0. The first-order valence-electron chi connectivity index (χ1n) is 6.25. The minimum Gasteiger partial charge on any atom is -0.328 e. The highest BCUT2D eigenvalue weighted by Gasteiger charge is 2.34. The maximum absolute atomic E-state index is 12.5. The van der Waals surface area contributed by atoms with Crippen LogP contribution in [0.4, 0.5) is 0 Å². The van der Waals surface area contributed by atoms with E-state index < -0.39 is 0 Å². The molecule has 2 aromatic carbocycles. The van der Waals surface area contributed by atoms with E-state index in [2.05, 4.69) is 0 Å². The fraction of sp³-hybridized carbons (Fsp3) is 0.200. The molecule has 0 aromatic heterocycles. The van der Waals surface area contributed by atoms with E-state index in [1.807, 2.05) is 24.3 Å². The zero-order chi connectivity index (χ0) is 13.6. The quantitative estimate of drug-likeness (QED) is 0.831. The summed E-state index contributed by atoms with van der Waals surface area (Å²) in [5.41, 5.74) is 6.75. The molecule has 1 heterocycles. The molecule has 0 aliphatic carbocycles. The Labute approximate surface area is 110 Å². The van der Waals surface area contributed by atoms with Gasteiger partial charge in [-0.1, -0.05) is 24.3 Å². The second kappa shape index (κ2) is 4.17. The predicted molar refractivity (Wildman–Crippen MR) is 73.0 cm³/mol. The average Bonchev–Trinajstić information content (AvgIpc) is 2.44. The van der Waals surface area contributed by atoms with Crippen LogP contribution < -0.4 is 5.73 Å². The molecular weight excluding hydrogens is 240 g/mol. The van der Waals surface area contributed by atoms with Crippen molar-refractivity contribution in [3.8, 4) is 0 Å². The first-order chi connectivity index (χ1) is 9.15. The molecule has 1 aliphatic heterocycles. The van der Waals surface area contributed by atoms with Crippen LogP contribution in [0.5, 0.6) is 0 Å². The van der Waals surface area contributed by atoms with Crippen LogP contribution in [0.3, 0.4) is 0 Å². The van der Waals surface area contributed by atoms with Gasteiger partial charge in [0.05, 0.1) is 0 Å². The van der Waals surface area contributed by atoms with Gasteiger partial charge in [0.2, 0.25) is 0 Å². The first kappa shape index (κ1) is 11.9. The van der Waals surface area contributed by atoms with Gasteiger partial charge >= 0.3 is 0 Å². The molecule has 0 saturated heterocycles. The molecule has 2 aromatic rings. The van der Waals surface area contributed by atoms with Crippen LogP contribution in [0.1, 0.15) is 27.6 Å². The van der Waals surface area contributed by atoms with Gasteiger partial charge in [-0.05, 0) is 24.4 Å². The van der Waals surface area contributed by atoms with Crippen molar-refractivity contribution in [1.29, 1.82) is 0 Å². The monoisotopic (exact) mass is 254 g/mol. The van der Waals surface area contributed by atoms with Gasteiger partial charge in [0.1, 0.15) is 0 Å². The lowest BCUT2D eigenvalue weighted by Gasteiger charge is -2.31. The molecule has 2 amide bonds. The molecule has 4 nitrogen and oxygen atoms in total. The molecule has 0 spiro atoms. The number of nitrogens with zero attached hydrogens (tertiary/aromatic N) is 1. The number of hydrogen-bond acceptors (Lipinski definition) is 3. The average molecular weight is 254 g/mol. The van der Waals surface area contributed by atoms with Crippen molar-refractivity contribution >= 4 is 22.6 Å². The maximum atomic E-state index is 12.5. The van der Waals surface area contributed by atoms with Gasteiger partial charge in [-0.2, -0.15) is 0 Å². The molecule has 0 radical (unpaired) electrons. The summed E-state index contributed by atoms with van der Waals surface area (Å²) >= 11 is 0. The second-order valence-corrected chi connectivity index (χ2v) is 4.77. The Bertz CT molecular complexity index is 643. The van der Waals surface area contributed by atoms with Crippen molar-refractivity contribution in [2.75, 3.05) is 6.54 Å². The van der Waals surface area contributed by atoms with Crippen molar-refractivity contribution in [3.63, 3.8) is 0 Å². The molecule has 1 unspecified atom stereocenters. The van der Waals surface area contributed by atoms with E-state index in [-0.39, 0.29) is 24.4 Å². The number of carbonyl (C=O) groups excluding carboxylic acids is 2. The zero-order valence-electron chi connectivity index (χ0n) is 10.6. The number of rotatable bonds is 2. The van der Waals surface area contributed by atoms with E-state index in [1.54, 1.807) is 19.1 Å². The van der Waals surface area contributed by atoms with Crippen LogP contribution in [0.25, 0.3) is 10.8 Å². The van der Waals surface area contributed by atoms with Gasteiger partial charge in [0.15, 0.2) is 0 Å². The molecule has 0 saturated carbocycles. The van der Waals surface area contributed by atoms with Crippen molar-refractivity contribution < 1.29 is 9.59 Å². The van der Waals surface area contributed by atoms with Gasteiger partial charge in [-0.25, -0.2) is 0 Å². The summed E-state index contributed by atoms with van der Waals surface area (Å²) in [6.45, 7) is 2.04. The minimum atomic E-state index is -0.302. The Morgan fingerprint density at radius 3 is 2.05 bits per heavy atom. The summed E-state index contributed by atoms with van der Waals surface area (Å²) in [7, 11) is 0. The van der Waals surface area contributed by atoms with Gasteiger partial charge in [0, 0.05) is 29.1 Å². The maximum Gasteiger partial charge on any atom is 0.261 e. The first-order valence-corrected chi connectivity index (χ1v) is 6.25. The van der Waals surface area contributed by atoms with Gasteiger partial charge in [-0.15, -0.1) is 0 Å². The molecule has 96 valence electrons. The number of imide groups is 1. The molecule has 1 aliphatic rings. The number of carbonyl (C=O) groups is 2. The molecule has 0 bridgehead atoms. The fourth-order valence-electron chi connectivity index (χ4n) is 2.55. The second-order valence-electron chi connectivity index (χ2n) is 4.77. The van der Waals surface area contributed by atoms with E-state index in [0.29, 0.717) is 11.1 Å². The molecular formula is C15H14N2O2. The standard InChI is InChI=1S/C15H14N2O2/c1-9(8-16)17-14(18)11-6-2-4-10-5-3-7-12(13(10)11)15(17)19/h2-7,9H,8,16H2,1H3. The van der Waals surface area contributed by atoms with Crippen LogP contribution in [0.15, 0.2) is 36.4 Å². The summed E-state index contributed by atoms with van der Waals surface area (Å²) in [4.78, 5) is 26.2. The Morgan fingerprint density at radius 1 is 1.05 bits per heavy atom. The van der Waals surface area contributed by atoms with E-state index in [0.717, 1.165) is 10.8 Å².